The maximum atomic E-state index is 5.91. The van der Waals surface area contributed by atoms with Crippen molar-refractivity contribution in [1.29, 1.82) is 0 Å². The van der Waals surface area contributed by atoms with Crippen LogP contribution in [0.5, 0.6) is 5.88 Å². The molecule has 18 heavy (non-hydrogen) atoms. The van der Waals surface area contributed by atoms with Crippen LogP contribution in [0.25, 0.3) is 0 Å². The first kappa shape index (κ1) is 13.0. The molecule has 3 N–H and O–H groups in total. The molecule has 0 spiro atoms. The van der Waals surface area contributed by atoms with Crippen LogP contribution in [0, 0.1) is 0 Å². The average molecular weight is 250 g/mol. The van der Waals surface area contributed by atoms with E-state index in [1.807, 2.05) is 6.07 Å². The lowest BCUT2D eigenvalue weighted by Crippen LogP contribution is -2.33. The summed E-state index contributed by atoms with van der Waals surface area (Å²) in [5.41, 5.74) is 6.56. The zero-order valence-corrected chi connectivity index (χ0v) is 11.1. The summed E-state index contributed by atoms with van der Waals surface area (Å²) in [7, 11) is 1.61. The second kappa shape index (κ2) is 5.91. The maximum Gasteiger partial charge on any atom is 0.215 e. The Labute approximate surface area is 108 Å². The van der Waals surface area contributed by atoms with E-state index < -0.39 is 0 Å². The number of likely N-dealkylation sites (tertiary alicyclic amines) is 1. The molecule has 2 rings (SSSR count). The Morgan fingerprint density at radius 3 is 2.83 bits per heavy atom. The number of anilines is 2. The Morgan fingerprint density at radius 2 is 2.17 bits per heavy atom. The fourth-order valence-electron chi connectivity index (χ4n) is 2.31. The van der Waals surface area contributed by atoms with E-state index in [1.54, 1.807) is 13.2 Å². The monoisotopic (exact) mass is 250 g/mol. The van der Waals surface area contributed by atoms with Gasteiger partial charge in [0.25, 0.3) is 0 Å². The van der Waals surface area contributed by atoms with Gasteiger partial charge in [0.1, 0.15) is 0 Å². The van der Waals surface area contributed by atoms with Crippen molar-refractivity contribution in [3.05, 3.63) is 12.1 Å². The lowest BCUT2D eigenvalue weighted by Gasteiger charge is -2.22. The molecule has 2 heterocycles. The molecule has 0 saturated carbocycles. The fraction of sp³-hybridized carbons (Fsp3) is 0.615. The Bertz CT molecular complexity index is 391. The van der Waals surface area contributed by atoms with E-state index in [9.17, 15) is 0 Å². The van der Waals surface area contributed by atoms with Gasteiger partial charge in [-0.2, -0.15) is 4.98 Å². The maximum absolute atomic E-state index is 5.91. The zero-order valence-electron chi connectivity index (χ0n) is 11.1. The first-order chi connectivity index (χ1) is 8.69. The van der Waals surface area contributed by atoms with Crippen molar-refractivity contribution in [3.8, 4) is 5.88 Å². The van der Waals surface area contributed by atoms with Crippen LogP contribution in [0.1, 0.15) is 19.8 Å². The van der Waals surface area contributed by atoms with Gasteiger partial charge in [-0.3, -0.25) is 0 Å². The van der Waals surface area contributed by atoms with E-state index in [0.717, 1.165) is 6.54 Å². The molecular weight excluding hydrogens is 228 g/mol. The van der Waals surface area contributed by atoms with Gasteiger partial charge in [-0.15, -0.1) is 0 Å². The number of rotatable bonds is 5. The number of ether oxygens (including phenoxy) is 1. The lowest BCUT2D eigenvalue weighted by molar-refractivity contribution is 0.327. The molecule has 0 aliphatic carbocycles. The average Bonchev–Trinajstić information content (AvgIpc) is 2.84. The van der Waals surface area contributed by atoms with Gasteiger partial charge in [0.15, 0.2) is 5.82 Å². The van der Waals surface area contributed by atoms with E-state index in [2.05, 4.69) is 22.1 Å². The quantitative estimate of drug-likeness (QED) is 0.830. The summed E-state index contributed by atoms with van der Waals surface area (Å²) in [4.78, 5) is 6.79. The van der Waals surface area contributed by atoms with E-state index in [4.69, 9.17) is 10.5 Å². The largest absolute Gasteiger partial charge is 0.481 e. The lowest BCUT2D eigenvalue weighted by atomic mass is 10.3. The first-order valence-electron chi connectivity index (χ1n) is 6.48. The Morgan fingerprint density at radius 1 is 1.44 bits per heavy atom. The molecule has 1 fully saturated rings. The molecule has 1 atom stereocenters. The Kier molecular flexibility index (Phi) is 4.25. The number of hydrogen-bond donors (Lipinski definition) is 2. The molecular formula is C13H22N4O. The molecule has 1 saturated heterocycles. The third kappa shape index (κ3) is 3.26. The molecule has 1 aliphatic heterocycles. The SMILES string of the molecule is COc1ccc(N)c(NC(C)CN2CCCC2)n1. The summed E-state index contributed by atoms with van der Waals surface area (Å²) >= 11 is 0. The highest BCUT2D eigenvalue weighted by molar-refractivity contribution is 5.62. The van der Waals surface area contributed by atoms with Gasteiger partial charge in [0.2, 0.25) is 5.88 Å². The highest BCUT2D eigenvalue weighted by atomic mass is 16.5. The number of aromatic nitrogens is 1. The van der Waals surface area contributed by atoms with Gasteiger partial charge in [0, 0.05) is 18.7 Å². The Balaban J connectivity index is 1.94. The molecule has 0 aromatic carbocycles. The van der Waals surface area contributed by atoms with Crippen LogP contribution < -0.4 is 15.8 Å². The number of nitrogens with zero attached hydrogens (tertiary/aromatic N) is 2. The van der Waals surface area contributed by atoms with Crippen LogP contribution >= 0.6 is 0 Å². The molecule has 0 bridgehead atoms. The van der Waals surface area contributed by atoms with Crippen molar-refractivity contribution >= 4 is 11.5 Å². The molecule has 0 amide bonds. The van der Waals surface area contributed by atoms with Gasteiger partial charge in [0.05, 0.1) is 12.8 Å². The van der Waals surface area contributed by atoms with Gasteiger partial charge in [-0.05, 0) is 38.9 Å². The zero-order chi connectivity index (χ0) is 13.0. The van der Waals surface area contributed by atoms with Crippen molar-refractivity contribution < 1.29 is 4.74 Å². The van der Waals surface area contributed by atoms with E-state index in [0.29, 0.717) is 23.4 Å². The first-order valence-corrected chi connectivity index (χ1v) is 6.48. The summed E-state index contributed by atoms with van der Waals surface area (Å²) < 4.78 is 5.11. The summed E-state index contributed by atoms with van der Waals surface area (Å²) in [5.74, 6) is 1.29. The van der Waals surface area contributed by atoms with Crippen LogP contribution in [-0.4, -0.2) is 42.7 Å². The summed E-state index contributed by atoms with van der Waals surface area (Å²) in [6.07, 6.45) is 2.62. The second-order valence-electron chi connectivity index (χ2n) is 4.84. The van der Waals surface area contributed by atoms with Crippen molar-refractivity contribution in [2.75, 3.05) is 37.8 Å². The van der Waals surface area contributed by atoms with Crippen LogP contribution in [0.15, 0.2) is 12.1 Å². The summed E-state index contributed by atoms with van der Waals surface area (Å²) in [6, 6.07) is 3.91. The number of nitrogens with one attached hydrogen (secondary N) is 1. The summed E-state index contributed by atoms with van der Waals surface area (Å²) in [5, 5.41) is 3.35. The van der Waals surface area contributed by atoms with Crippen LogP contribution in [-0.2, 0) is 0 Å². The third-order valence-corrected chi connectivity index (χ3v) is 3.22. The standard InChI is InChI=1S/C13H22N4O/c1-10(9-17-7-3-4-8-17)15-13-11(14)5-6-12(16-13)18-2/h5-6,10H,3-4,7-9,14H2,1-2H3,(H,15,16). The number of nitrogen functional groups attached to an aromatic ring is 1. The highest BCUT2D eigenvalue weighted by Crippen LogP contribution is 2.20. The number of methoxy groups -OCH3 is 1. The molecule has 0 radical (unpaired) electrons. The smallest absolute Gasteiger partial charge is 0.215 e. The van der Waals surface area contributed by atoms with E-state index in [-0.39, 0.29) is 0 Å². The van der Waals surface area contributed by atoms with Crippen LogP contribution in [0.4, 0.5) is 11.5 Å². The van der Waals surface area contributed by atoms with Crippen molar-refractivity contribution in [2.45, 2.75) is 25.8 Å². The minimum atomic E-state index is 0.324. The second-order valence-corrected chi connectivity index (χ2v) is 4.84. The topological polar surface area (TPSA) is 63.4 Å². The van der Waals surface area contributed by atoms with Crippen LogP contribution in [0.3, 0.4) is 0 Å². The molecule has 1 unspecified atom stereocenters. The minimum absolute atomic E-state index is 0.324. The van der Waals surface area contributed by atoms with Crippen molar-refractivity contribution in [3.63, 3.8) is 0 Å². The molecule has 5 nitrogen and oxygen atoms in total. The van der Waals surface area contributed by atoms with E-state index >= 15 is 0 Å². The molecule has 100 valence electrons. The predicted octanol–water partition coefficient (Wildman–Crippen LogP) is 1.57. The number of pyridine rings is 1. The van der Waals surface area contributed by atoms with Crippen LogP contribution in [0.2, 0.25) is 0 Å². The van der Waals surface area contributed by atoms with Crippen molar-refractivity contribution in [1.82, 2.24) is 9.88 Å². The van der Waals surface area contributed by atoms with Gasteiger partial charge < -0.3 is 20.7 Å². The molecule has 5 heteroatoms. The van der Waals surface area contributed by atoms with Gasteiger partial charge in [-0.25, -0.2) is 0 Å². The van der Waals surface area contributed by atoms with Gasteiger partial charge >= 0.3 is 0 Å². The minimum Gasteiger partial charge on any atom is -0.481 e. The molecule has 1 aliphatic rings. The van der Waals surface area contributed by atoms with Gasteiger partial charge in [-0.1, -0.05) is 0 Å². The normalized spacial score (nSPS) is 17.7. The third-order valence-electron chi connectivity index (χ3n) is 3.22. The predicted molar refractivity (Wildman–Crippen MR) is 74.0 cm³/mol. The summed E-state index contributed by atoms with van der Waals surface area (Å²) in [6.45, 7) is 5.58. The number of nitrogens with two attached hydrogens (primary N) is 1. The Hall–Kier alpha value is -1.49. The fourth-order valence-corrected chi connectivity index (χ4v) is 2.31. The van der Waals surface area contributed by atoms with Crippen molar-refractivity contribution in [2.24, 2.45) is 0 Å². The molecule has 1 aromatic rings. The number of hydrogen-bond acceptors (Lipinski definition) is 5. The molecule has 1 aromatic heterocycles. The van der Waals surface area contributed by atoms with E-state index in [1.165, 1.54) is 25.9 Å². The highest BCUT2D eigenvalue weighted by Gasteiger charge is 2.15.